The van der Waals surface area contributed by atoms with E-state index in [1.54, 1.807) is 12.1 Å². The molecule has 0 amide bonds. The van der Waals surface area contributed by atoms with Crippen LogP contribution in [0.3, 0.4) is 0 Å². The molecule has 0 bridgehead atoms. The summed E-state index contributed by atoms with van der Waals surface area (Å²) in [7, 11) is 0. The second kappa shape index (κ2) is 9.29. The standard InChI is InChI=1S/C26H29FN4OS/c1-16(2)25-28-29-26-31(25)30-22(19-12-14-21(27)15-13-19)24(33-26)23(32)20-10-8-18(9-11-20)17-6-4-3-5-7-17/h8-17,22,24,30H,3-7H2,1-2H3/t22-,24-/m1/s1. The number of hydrogen-bond acceptors (Lipinski definition) is 5. The van der Waals surface area contributed by atoms with E-state index < -0.39 is 5.25 Å². The summed E-state index contributed by atoms with van der Waals surface area (Å²) in [6, 6.07) is 14.2. The van der Waals surface area contributed by atoms with E-state index in [1.807, 2.05) is 16.8 Å². The van der Waals surface area contributed by atoms with Crippen LogP contribution in [0.1, 0.15) is 91.1 Å². The summed E-state index contributed by atoms with van der Waals surface area (Å²) in [6.45, 7) is 4.11. The van der Waals surface area contributed by atoms with E-state index in [0.717, 1.165) is 11.4 Å². The second-order valence-electron chi connectivity index (χ2n) is 9.35. The maximum atomic E-state index is 13.7. The zero-order valence-electron chi connectivity index (χ0n) is 19.0. The van der Waals surface area contributed by atoms with Crippen LogP contribution in [-0.4, -0.2) is 25.9 Å². The van der Waals surface area contributed by atoms with Crippen LogP contribution in [-0.2, 0) is 0 Å². The highest BCUT2D eigenvalue weighted by molar-refractivity contribution is 8.00. The topological polar surface area (TPSA) is 59.8 Å². The highest BCUT2D eigenvalue weighted by atomic mass is 32.2. The Kier molecular flexibility index (Phi) is 6.23. The van der Waals surface area contributed by atoms with Crippen molar-refractivity contribution in [2.24, 2.45) is 0 Å². The van der Waals surface area contributed by atoms with E-state index in [0.29, 0.717) is 16.6 Å². The molecule has 3 aromatic rings. The number of nitrogens with one attached hydrogen (secondary N) is 1. The molecular formula is C26H29FN4OS. The largest absolute Gasteiger partial charge is 0.313 e. The number of ketones is 1. The average Bonchev–Trinajstić information content (AvgIpc) is 3.27. The molecule has 2 heterocycles. The number of carbonyl (C=O) groups excluding carboxylic acids is 1. The molecule has 1 aromatic heterocycles. The minimum atomic E-state index is -0.437. The van der Waals surface area contributed by atoms with Gasteiger partial charge in [0, 0.05) is 11.5 Å². The Morgan fingerprint density at radius 2 is 1.67 bits per heavy atom. The highest BCUT2D eigenvalue weighted by Crippen LogP contribution is 2.40. The minimum absolute atomic E-state index is 0.0392. The number of fused-ring (bicyclic) bond motifs is 1. The molecule has 172 valence electrons. The lowest BCUT2D eigenvalue weighted by Crippen LogP contribution is -2.39. The van der Waals surface area contributed by atoms with E-state index in [-0.39, 0.29) is 23.6 Å². The van der Waals surface area contributed by atoms with E-state index in [1.165, 1.54) is 61.6 Å². The second-order valence-corrected chi connectivity index (χ2v) is 10.5. The molecule has 1 fully saturated rings. The fourth-order valence-corrected chi connectivity index (χ4v) is 6.05. The predicted octanol–water partition coefficient (Wildman–Crippen LogP) is 6.23. The van der Waals surface area contributed by atoms with Crippen LogP contribution in [0.25, 0.3) is 0 Å². The van der Waals surface area contributed by atoms with Crippen molar-refractivity contribution in [2.45, 2.75) is 74.2 Å². The van der Waals surface area contributed by atoms with Crippen molar-refractivity contribution in [3.8, 4) is 0 Å². The molecule has 2 aromatic carbocycles. The molecule has 2 aliphatic rings. The first-order valence-electron chi connectivity index (χ1n) is 11.8. The van der Waals surface area contributed by atoms with Gasteiger partial charge in [0.25, 0.3) is 0 Å². The molecule has 1 saturated carbocycles. The molecule has 0 saturated heterocycles. The number of rotatable bonds is 5. The van der Waals surface area contributed by atoms with Gasteiger partial charge in [-0.2, -0.15) is 0 Å². The van der Waals surface area contributed by atoms with Gasteiger partial charge in [-0.15, -0.1) is 10.2 Å². The molecule has 1 aliphatic carbocycles. The van der Waals surface area contributed by atoms with Crippen LogP contribution in [0.15, 0.2) is 53.7 Å². The molecule has 0 spiro atoms. The molecule has 1 N–H and O–H groups in total. The van der Waals surface area contributed by atoms with Gasteiger partial charge in [0.05, 0.1) is 6.04 Å². The fourth-order valence-electron chi connectivity index (χ4n) is 4.89. The van der Waals surface area contributed by atoms with Gasteiger partial charge in [-0.25, -0.2) is 9.07 Å². The van der Waals surface area contributed by atoms with Gasteiger partial charge < -0.3 is 5.43 Å². The van der Waals surface area contributed by atoms with E-state index in [2.05, 4.69) is 41.6 Å². The van der Waals surface area contributed by atoms with Crippen LogP contribution in [0.2, 0.25) is 0 Å². The quantitative estimate of drug-likeness (QED) is 0.454. The maximum Gasteiger partial charge on any atom is 0.210 e. The molecule has 5 nitrogen and oxygen atoms in total. The fraction of sp³-hybridized carbons (Fsp3) is 0.423. The number of aromatic nitrogens is 3. The van der Waals surface area contributed by atoms with Crippen molar-refractivity contribution >= 4 is 17.5 Å². The number of halogens is 1. The molecule has 0 unspecified atom stereocenters. The van der Waals surface area contributed by atoms with Crippen molar-refractivity contribution in [3.63, 3.8) is 0 Å². The van der Waals surface area contributed by atoms with E-state index in [9.17, 15) is 9.18 Å². The van der Waals surface area contributed by atoms with Crippen molar-refractivity contribution in [3.05, 3.63) is 76.9 Å². The van der Waals surface area contributed by atoms with Gasteiger partial charge >= 0.3 is 0 Å². The van der Waals surface area contributed by atoms with Gasteiger partial charge in [-0.05, 0) is 42.0 Å². The molecule has 2 atom stereocenters. The number of thioether (sulfide) groups is 1. The lowest BCUT2D eigenvalue weighted by molar-refractivity contribution is 0.0980. The first-order chi connectivity index (χ1) is 16.0. The Morgan fingerprint density at radius 3 is 2.33 bits per heavy atom. The zero-order valence-corrected chi connectivity index (χ0v) is 19.8. The van der Waals surface area contributed by atoms with Gasteiger partial charge in [-0.1, -0.05) is 81.3 Å². The van der Waals surface area contributed by atoms with Crippen LogP contribution < -0.4 is 5.43 Å². The van der Waals surface area contributed by atoms with E-state index in [4.69, 9.17) is 0 Å². The molecule has 7 heteroatoms. The van der Waals surface area contributed by atoms with Crippen LogP contribution >= 0.6 is 11.8 Å². The SMILES string of the molecule is CC(C)c1nnc2n1N[C@H](c1ccc(F)cc1)[C@H](C(=O)c1ccc(C3CCCCC3)cc1)S2. The Hall–Kier alpha value is -2.67. The summed E-state index contributed by atoms with van der Waals surface area (Å²) in [5.41, 5.74) is 6.33. The Bertz CT molecular complexity index is 1120. The molecule has 33 heavy (non-hydrogen) atoms. The monoisotopic (exact) mass is 464 g/mol. The highest BCUT2D eigenvalue weighted by Gasteiger charge is 2.38. The number of Topliss-reactive ketones (excluding diaryl/α,β-unsaturated/α-hetero) is 1. The summed E-state index contributed by atoms with van der Waals surface area (Å²) in [5, 5.41) is 8.89. The first-order valence-corrected chi connectivity index (χ1v) is 12.7. The third-order valence-electron chi connectivity index (χ3n) is 6.74. The normalized spacial score (nSPS) is 21.0. The molecule has 0 radical (unpaired) electrons. The van der Waals surface area contributed by atoms with Crippen LogP contribution in [0.5, 0.6) is 0 Å². The molecule has 5 rings (SSSR count). The van der Waals surface area contributed by atoms with Crippen LogP contribution in [0.4, 0.5) is 4.39 Å². The van der Waals surface area contributed by atoms with Gasteiger partial charge in [0.2, 0.25) is 5.16 Å². The van der Waals surface area contributed by atoms with Crippen molar-refractivity contribution in [1.82, 2.24) is 14.9 Å². The lowest BCUT2D eigenvalue weighted by atomic mass is 9.83. The summed E-state index contributed by atoms with van der Waals surface area (Å²) in [6.07, 6.45) is 6.36. The lowest BCUT2D eigenvalue weighted by Gasteiger charge is -2.33. The number of nitrogens with zero attached hydrogens (tertiary/aromatic N) is 3. The Labute approximate surface area is 198 Å². The molecule has 1 aliphatic heterocycles. The third kappa shape index (κ3) is 4.43. The Balaban J connectivity index is 1.45. The summed E-state index contributed by atoms with van der Waals surface area (Å²) in [4.78, 5) is 13.7. The maximum absolute atomic E-state index is 13.7. The summed E-state index contributed by atoms with van der Waals surface area (Å²) >= 11 is 1.42. The van der Waals surface area contributed by atoms with Crippen molar-refractivity contribution in [2.75, 3.05) is 5.43 Å². The van der Waals surface area contributed by atoms with Crippen LogP contribution in [0, 0.1) is 5.82 Å². The van der Waals surface area contributed by atoms with Gasteiger partial charge in [0.15, 0.2) is 11.6 Å². The number of hydrogen-bond donors (Lipinski definition) is 1. The summed E-state index contributed by atoms with van der Waals surface area (Å²) in [5.74, 6) is 1.34. The van der Waals surface area contributed by atoms with Crippen molar-refractivity contribution < 1.29 is 9.18 Å². The average molecular weight is 465 g/mol. The van der Waals surface area contributed by atoms with Gasteiger partial charge in [0.1, 0.15) is 11.1 Å². The smallest absolute Gasteiger partial charge is 0.210 e. The zero-order chi connectivity index (χ0) is 22.9. The van der Waals surface area contributed by atoms with Gasteiger partial charge in [-0.3, -0.25) is 4.79 Å². The number of carbonyl (C=O) groups is 1. The first kappa shape index (κ1) is 22.1. The van der Waals surface area contributed by atoms with Crippen molar-refractivity contribution in [1.29, 1.82) is 0 Å². The summed E-state index contributed by atoms with van der Waals surface area (Å²) < 4.78 is 15.5. The number of benzene rings is 2. The predicted molar refractivity (Wildman–Crippen MR) is 129 cm³/mol. The Morgan fingerprint density at radius 1 is 1.00 bits per heavy atom. The minimum Gasteiger partial charge on any atom is -0.313 e. The third-order valence-corrected chi connectivity index (χ3v) is 7.95. The van der Waals surface area contributed by atoms with E-state index >= 15 is 0 Å². The molecular weight excluding hydrogens is 435 g/mol.